The van der Waals surface area contributed by atoms with E-state index in [4.69, 9.17) is 0 Å². The molecule has 1 aromatic carbocycles. The predicted molar refractivity (Wildman–Crippen MR) is 83.6 cm³/mol. The Kier molecular flexibility index (Phi) is 6.55. The van der Waals surface area contributed by atoms with Crippen molar-refractivity contribution >= 4 is 29.3 Å². The highest BCUT2D eigenvalue weighted by atomic mass is 35.5. The van der Waals surface area contributed by atoms with Gasteiger partial charge >= 0.3 is 5.97 Å². The first kappa shape index (κ1) is 16.5. The van der Waals surface area contributed by atoms with Crippen LogP contribution in [0.4, 0.5) is 0 Å². The number of para-hydroxylation sites is 1. The monoisotopic (exact) mass is 296 g/mol. The van der Waals surface area contributed by atoms with Crippen molar-refractivity contribution in [3.05, 3.63) is 36.0 Å². The molecular formula is C15H21ClN2O2. The number of rotatable bonds is 7. The van der Waals surface area contributed by atoms with Crippen LogP contribution < -0.4 is 5.32 Å². The standard InChI is InChI=1S/C15H20N2O2.ClH/c1-2-3-8-16-14(15(18)19)9-11-10-17-13-7-5-4-6-12(11)13;/h4-7,10,14,16-17H,2-3,8-9H2,1H3,(H,18,19);1H/t14-;/m0./s1. The van der Waals surface area contributed by atoms with Crippen LogP contribution in [0.5, 0.6) is 0 Å². The Morgan fingerprint density at radius 2 is 2.15 bits per heavy atom. The molecule has 5 heteroatoms. The maximum absolute atomic E-state index is 11.3. The van der Waals surface area contributed by atoms with Crippen LogP contribution >= 0.6 is 12.4 Å². The molecule has 20 heavy (non-hydrogen) atoms. The second-order valence-corrected chi connectivity index (χ2v) is 4.76. The molecular weight excluding hydrogens is 276 g/mol. The minimum Gasteiger partial charge on any atom is -0.480 e. The van der Waals surface area contributed by atoms with Crippen molar-refractivity contribution in [3.8, 4) is 0 Å². The molecule has 0 fully saturated rings. The number of aromatic nitrogens is 1. The van der Waals surface area contributed by atoms with Crippen molar-refractivity contribution in [2.24, 2.45) is 0 Å². The lowest BCUT2D eigenvalue weighted by Crippen LogP contribution is -2.39. The van der Waals surface area contributed by atoms with Crippen LogP contribution in [-0.4, -0.2) is 28.6 Å². The zero-order chi connectivity index (χ0) is 13.7. The van der Waals surface area contributed by atoms with Crippen LogP contribution in [-0.2, 0) is 11.2 Å². The van der Waals surface area contributed by atoms with Crippen LogP contribution in [0.1, 0.15) is 25.3 Å². The molecule has 0 saturated heterocycles. The lowest BCUT2D eigenvalue weighted by molar-refractivity contribution is -0.139. The van der Waals surface area contributed by atoms with Crippen molar-refractivity contribution in [3.63, 3.8) is 0 Å². The normalized spacial score (nSPS) is 12.1. The van der Waals surface area contributed by atoms with Crippen molar-refractivity contribution in [1.29, 1.82) is 0 Å². The van der Waals surface area contributed by atoms with E-state index in [-0.39, 0.29) is 12.4 Å². The van der Waals surface area contributed by atoms with Crippen LogP contribution in [0, 0.1) is 0 Å². The highest BCUT2D eigenvalue weighted by Crippen LogP contribution is 2.19. The third-order valence-corrected chi connectivity index (χ3v) is 3.32. The molecule has 0 unspecified atom stereocenters. The summed E-state index contributed by atoms with van der Waals surface area (Å²) in [6, 6.07) is 7.44. The Balaban J connectivity index is 0.00000200. The predicted octanol–water partition coefficient (Wildman–Crippen LogP) is 2.98. The number of unbranched alkanes of at least 4 members (excludes halogenated alkanes) is 1. The highest BCUT2D eigenvalue weighted by Gasteiger charge is 2.18. The number of nitrogens with one attached hydrogen (secondary N) is 2. The molecule has 110 valence electrons. The van der Waals surface area contributed by atoms with Gasteiger partial charge in [0.25, 0.3) is 0 Å². The van der Waals surface area contributed by atoms with Gasteiger partial charge in [0.1, 0.15) is 6.04 Å². The molecule has 0 spiro atoms. The molecule has 0 aliphatic carbocycles. The van der Waals surface area contributed by atoms with Gasteiger partial charge in [0.15, 0.2) is 0 Å². The summed E-state index contributed by atoms with van der Waals surface area (Å²) in [6.07, 6.45) is 4.47. The number of halogens is 1. The van der Waals surface area contributed by atoms with E-state index < -0.39 is 12.0 Å². The first-order valence-corrected chi connectivity index (χ1v) is 6.73. The zero-order valence-corrected chi connectivity index (χ0v) is 12.4. The number of carboxylic acids is 1. The van der Waals surface area contributed by atoms with Crippen LogP contribution in [0.2, 0.25) is 0 Å². The van der Waals surface area contributed by atoms with E-state index in [1.807, 2.05) is 30.5 Å². The fraction of sp³-hybridized carbons (Fsp3) is 0.400. The summed E-state index contributed by atoms with van der Waals surface area (Å²) < 4.78 is 0. The number of H-pyrrole nitrogens is 1. The van der Waals surface area contributed by atoms with Gasteiger partial charge in [-0.15, -0.1) is 12.4 Å². The minimum absolute atomic E-state index is 0. The van der Waals surface area contributed by atoms with Gasteiger partial charge in [-0.2, -0.15) is 0 Å². The fourth-order valence-electron chi connectivity index (χ4n) is 2.22. The summed E-state index contributed by atoms with van der Waals surface area (Å²) in [5.41, 5.74) is 2.10. The van der Waals surface area contributed by atoms with Gasteiger partial charge in [0.2, 0.25) is 0 Å². The average molecular weight is 297 g/mol. The number of aliphatic carboxylic acids is 1. The van der Waals surface area contributed by atoms with Crippen LogP contribution in [0.15, 0.2) is 30.5 Å². The molecule has 2 aromatic rings. The largest absolute Gasteiger partial charge is 0.480 e. The van der Waals surface area contributed by atoms with Gasteiger partial charge < -0.3 is 15.4 Å². The molecule has 0 saturated carbocycles. The van der Waals surface area contributed by atoms with Gasteiger partial charge in [-0.3, -0.25) is 4.79 Å². The molecule has 0 aliphatic heterocycles. The number of hydrogen-bond acceptors (Lipinski definition) is 2. The molecule has 0 radical (unpaired) electrons. The molecule has 0 bridgehead atoms. The number of aromatic amines is 1. The van der Waals surface area contributed by atoms with Crippen molar-refractivity contribution < 1.29 is 9.90 Å². The number of fused-ring (bicyclic) bond motifs is 1. The Hall–Kier alpha value is -1.52. The van der Waals surface area contributed by atoms with E-state index in [1.165, 1.54) is 0 Å². The summed E-state index contributed by atoms with van der Waals surface area (Å²) in [5.74, 6) is -0.790. The van der Waals surface area contributed by atoms with Gasteiger partial charge in [0.05, 0.1) is 0 Å². The molecule has 1 aromatic heterocycles. The van der Waals surface area contributed by atoms with Gasteiger partial charge in [-0.25, -0.2) is 0 Å². The van der Waals surface area contributed by atoms with Crippen molar-refractivity contribution in [1.82, 2.24) is 10.3 Å². The minimum atomic E-state index is -0.790. The molecule has 0 amide bonds. The quantitative estimate of drug-likeness (QED) is 0.688. The maximum atomic E-state index is 11.3. The number of hydrogen-bond donors (Lipinski definition) is 3. The Morgan fingerprint density at radius 3 is 2.85 bits per heavy atom. The van der Waals surface area contributed by atoms with Gasteiger partial charge in [0, 0.05) is 23.5 Å². The highest BCUT2D eigenvalue weighted by molar-refractivity contribution is 5.85. The third-order valence-electron chi connectivity index (χ3n) is 3.32. The Bertz CT molecular complexity index is 554. The summed E-state index contributed by atoms with van der Waals surface area (Å²) >= 11 is 0. The van der Waals surface area contributed by atoms with E-state index >= 15 is 0 Å². The van der Waals surface area contributed by atoms with Gasteiger partial charge in [-0.1, -0.05) is 31.5 Å². The van der Waals surface area contributed by atoms with E-state index in [0.29, 0.717) is 6.42 Å². The van der Waals surface area contributed by atoms with Crippen molar-refractivity contribution in [2.45, 2.75) is 32.2 Å². The second kappa shape index (κ2) is 7.92. The molecule has 1 heterocycles. The van der Waals surface area contributed by atoms with Crippen LogP contribution in [0.25, 0.3) is 10.9 Å². The molecule has 0 aliphatic rings. The van der Waals surface area contributed by atoms with Gasteiger partial charge in [-0.05, 0) is 24.6 Å². The Morgan fingerprint density at radius 1 is 1.40 bits per heavy atom. The van der Waals surface area contributed by atoms with Crippen molar-refractivity contribution in [2.75, 3.05) is 6.54 Å². The molecule has 4 nitrogen and oxygen atoms in total. The average Bonchev–Trinajstić information content (AvgIpc) is 2.81. The SMILES string of the molecule is CCCCN[C@@H](Cc1c[nH]c2ccccc12)C(=O)O.Cl. The molecule has 3 N–H and O–H groups in total. The fourth-order valence-corrected chi connectivity index (χ4v) is 2.22. The first-order chi connectivity index (χ1) is 9.22. The van der Waals surface area contributed by atoms with E-state index in [2.05, 4.69) is 17.2 Å². The van der Waals surface area contributed by atoms with E-state index in [9.17, 15) is 9.90 Å². The topological polar surface area (TPSA) is 65.1 Å². The zero-order valence-electron chi connectivity index (χ0n) is 11.6. The summed E-state index contributed by atoms with van der Waals surface area (Å²) in [4.78, 5) is 14.5. The number of carbonyl (C=O) groups is 1. The summed E-state index contributed by atoms with van der Waals surface area (Å²) in [6.45, 7) is 2.84. The van der Waals surface area contributed by atoms with E-state index in [1.54, 1.807) is 0 Å². The summed E-state index contributed by atoms with van der Waals surface area (Å²) in [5, 5.41) is 13.5. The Labute approximate surface area is 125 Å². The maximum Gasteiger partial charge on any atom is 0.321 e. The first-order valence-electron chi connectivity index (χ1n) is 6.73. The second-order valence-electron chi connectivity index (χ2n) is 4.76. The lowest BCUT2D eigenvalue weighted by atomic mass is 10.0. The summed E-state index contributed by atoms with van der Waals surface area (Å²) in [7, 11) is 0. The number of benzene rings is 1. The lowest BCUT2D eigenvalue weighted by Gasteiger charge is -2.13. The molecule has 2 rings (SSSR count). The third kappa shape index (κ3) is 3.99. The molecule has 1 atom stereocenters. The number of carboxylic acid groups (broad SMARTS) is 1. The van der Waals surface area contributed by atoms with E-state index in [0.717, 1.165) is 35.9 Å². The smallest absolute Gasteiger partial charge is 0.321 e. The van der Waals surface area contributed by atoms with Crippen LogP contribution in [0.3, 0.4) is 0 Å².